The summed E-state index contributed by atoms with van der Waals surface area (Å²) < 4.78 is 1.01. The van der Waals surface area contributed by atoms with Gasteiger partial charge in [-0.05, 0) is 54.4 Å². The lowest BCUT2D eigenvalue weighted by Crippen LogP contribution is -2.52. The summed E-state index contributed by atoms with van der Waals surface area (Å²) in [7, 11) is 2.05. The standard InChI is InChI=1S/C14H20BrClN2/c1-9-10(2)18(8-7-12(9)17-3)13-6-4-5-11(16)14(13)15/h4-6,9-10,12,17H,7-8H2,1-3H3. The molecule has 1 N–H and O–H groups in total. The molecule has 1 aromatic rings. The van der Waals surface area contributed by atoms with Gasteiger partial charge in [-0.3, -0.25) is 0 Å². The fourth-order valence-corrected chi connectivity index (χ4v) is 3.49. The van der Waals surface area contributed by atoms with Gasteiger partial charge < -0.3 is 10.2 Å². The van der Waals surface area contributed by atoms with Crippen molar-refractivity contribution in [3.05, 3.63) is 27.7 Å². The molecule has 0 saturated carbocycles. The van der Waals surface area contributed by atoms with Crippen LogP contribution in [0.3, 0.4) is 0 Å². The van der Waals surface area contributed by atoms with Crippen LogP contribution in [0.1, 0.15) is 20.3 Å². The summed E-state index contributed by atoms with van der Waals surface area (Å²) in [5.41, 5.74) is 1.21. The van der Waals surface area contributed by atoms with Crippen molar-refractivity contribution >= 4 is 33.2 Å². The van der Waals surface area contributed by atoms with Gasteiger partial charge in [-0.25, -0.2) is 0 Å². The molecule has 0 spiro atoms. The molecule has 4 heteroatoms. The van der Waals surface area contributed by atoms with Gasteiger partial charge in [0.1, 0.15) is 0 Å². The van der Waals surface area contributed by atoms with Crippen LogP contribution in [0.5, 0.6) is 0 Å². The maximum Gasteiger partial charge on any atom is 0.0595 e. The van der Waals surface area contributed by atoms with Gasteiger partial charge in [0.2, 0.25) is 0 Å². The summed E-state index contributed by atoms with van der Waals surface area (Å²) in [6.45, 7) is 5.67. The lowest BCUT2D eigenvalue weighted by molar-refractivity contribution is 0.282. The third kappa shape index (κ3) is 2.54. The molecule has 0 bridgehead atoms. The van der Waals surface area contributed by atoms with Gasteiger partial charge in [0.15, 0.2) is 0 Å². The molecule has 1 aliphatic heterocycles. The quantitative estimate of drug-likeness (QED) is 0.883. The van der Waals surface area contributed by atoms with Crippen molar-refractivity contribution in [2.75, 3.05) is 18.5 Å². The number of piperidine rings is 1. The van der Waals surface area contributed by atoms with Gasteiger partial charge in [0.05, 0.1) is 15.2 Å². The summed E-state index contributed by atoms with van der Waals surface area (Å²) >= 11 is 9.79. The van der Waals surface area contributed by atoms with Crippen LogP contribution in [0, 0.1) is 5.92 Å². The van der Waals surface area contributed by atoms with Crippen LogP contribution in [0.4, 0.5) is 5.69 Å². The minimum Gasteiger partial charge on any atom is -0.367 e. The van der Waals surface area contributed by atoms with Crippen LogP contribution in [0.2, 0.25) is 5.02 Å². The van der Waals surface area contributed by atoms with E-state index in [1.54, 1.807) is 0 Å². The Bertz CT molecular complexity index is 424. The Morgan fingerprint density at radius 1 is 1.39 bits per heavy atom. The molecule has 100 valence electrons. The zero-order valence-corrected chi connectivity index (χ0v) is 13.4. The van der Waals surface area contributed by atoms with Crippen LogP contribution in [0.25, 0.3) is 0 Å². The first kappa shape index (κ1) is 14.2. The van der Waals surface area contributed by atoms with Crippen molar-refractivity contribution in [2.24, 2.45) is 5.92 Å². The van der Waals surface area contributed by atoms with Crippen LogP contribution in [-0.4, -0.2) is 25.7 Å². The van der Waals surface area contributed by atoms with Crippen LogP contribution < -0.4 is 10.2 Å². The lowest BCUT2D eigenvalue weighted by atomic mass is 9.87. The van der Waals surface area contributed by atoms with Crippen molar-refractivity contribution in [2.45, 2.75) is 32.4 Å². The van der Waals surface area contributed by atoms with Gasteiger partial charge in [-0.2, -0.15) is 0 Å². The number of hydrogen-bond acceptors (Lipinski definition) is 2. The lowest BCUT2D eigenvalue weighted by Gasteiger charge is -2.44. The van der Waals surface area contributed by atoms with Gasteiger partial charge in [0.25, 0.3) is 0 Å². The molecule has 18 heavy (non-hydrogen) atoms. The number of nitrogens with one attached hydrogen (secondary N) is 1. The Morgan fingerprint density at radius 3 is 2.78 bits per heavy atom. The summed E-state index contributed by atoms with van der Waals surface area (Å²) in [5, 5.41) is 4.20. The molecular weight excluding hydrogens is 312 g/mol. The Kier molecular flexibility index (Phi) is 4.57. The number of nitrogens with zero attached hydrogens (tertiary/aromatic N) is 1. The fraction of sp³-hybridized carbons (Fsp3) is 0.571. The van der Waals surface area contributed by atoms with E-state index >= 15 is 0 Å². The Morgan fingerprint density at radius 2 is 2.11 bits per heavy atom. The second-order valence-electron chi connectivity index (χ2n) is 5.05. The molecule has 0 aliphatic carbocycles. The zero-order valence-electron chi connectivity index (χ0n) is 11.1. The van der Waals surface area contributed by atoms with Crippen molar-refractivity contribution in [3.63, 3.8) is 0 Å². The number of rotatable bonds is 2. The number of benzene rings is 1. The SMILES string of the molecule is CNC1CCN(c2cccc(Cl)c2Br)C(C)C1C. The van der Waals surface area contributed by atoms with E-state index in [9.17, 15) is 0 Å². The average molecular weight is 332 g/mol. The molecule has 2 rings (SSSR count). The second-order valence-corrected chi connectivity index (χ2v) is 6.25. The van der Waals surface area contributed by atoms with E-state index < -0.39 is 0 Å². The molecule has 0 amide bonds. The predicted molar refractivity (Wildman–Crippen MR) is 82.6 cm³/mol. The number of anilines is 1. The van der Waals surface area contributed by atoms with Crippen molar-refractivity contribution in [1.29, 1.82) is 0 Å². The number of halogens is 2. The highest BCUT2D eigenvalue weighted by Gasteiger charge is 2.32. The van der Waals surface area contributed by atoms with E-state index in [0.717, 1.165) is 16.0 Å². The largest absolute Gasteiger partial charge is 0.367 e. The van der Waals surface area contributed by atoms with Gasteiger partial charge in [0, 0.05) is 18.6 Å². The van der Waals surface area contributed by atoms with Gasteiger partial charge in [-0.15, -0.1) is 0 Å². The smallest absolute Gasteiger partial charge is 0.0595 e. The van der Waals surface area contributed by atoms with Crippen LogP contribution in [-0.2, 0) is 0 Å². The topological polar surface area (TPSA) is 15.3 Å². The minimum absolute atomic E-state index is 0.506. The summed E-state index contributed by atoms with van der Waals surface area (Å²) in [6.07, 6.45) is 1.17. The maximum atomic E-state index is 6.19. The predicted octanol–water partition coefficient (Wildman–Crippen LogP) is 3.93. The van der Waals surface area contributed by atoms with Crippen LogP contribution in [0.15, 0.2) is 22.7 Å². The molecule has 1 heterocycles. The summed E-state index contributed by atoms with van der Waals surface area (Å²) in [4.78, 5) is 2.45. The molecular formula is C14H20BrClN2. The van der Waals surface area contributed by atoms with Gasteiger partial charge >= 0.3 is 0 Å². The molecule has 3 atom stereocenters. The van der Waals surface area contributed by atoms with E-state index in [2.05, 4.69) is 53.1 Å². The minimum atomic E-state index is 0.506. The first-order chi connectivity index (χ1) is 8.56. The zero-order chi connectivity index (χ0) is 13.3. The second kappa shape index (κ2) is 5.81. The number of hydrogen-bond donors (Lipinski definition) is 1. The Balaban J connectivity index is 2.27. The molecule has 1 aliphatic rings. The molecule has 1 saturated heterocycles. The van der Waals surface area contributed by atoms with E-state index in [1.807, 2.05) is 12.1 Å². The molecule has 0 radical (unpaired) electrons. The van der Waals surface area contributed by atoms with E-state index in [4.69, 9.17) is 11.6 Å². The molecule has 0 aromatic heterocycles. The third-order valence-electron chi connectivity index (χ3n) is 4.18. The first-order valence-electron chi connectivity index (χ1n) is 6.44. The summed E-state index contributed by atoms with van der Waals surface area (Å²) in [6, 6.07) is 7.19. The fourth-order valence-electron chi connectivity index (χ4n) is 2.83. The van der Waals surface area contributed by atoms with Crippen molar-refractivity contribution in [3.8, 4) is 0 Å². The van der Waals surface area contributed by atoms with Crippen LogP contribution >= 0.6 is 27.5 Å². The first-order valence-corrected chi connectivity index (χ1v) is 7.61. The third-order valence-corrected chi connectivity index (χ3v) is 5.56. The Labute approximate surface area is 123 Å². The summed E-state index contributed by atoms with van der Waals surface area (Å²) in [5.74, 6) is 0.620. The maximum absolute atomic E-state index is 6.19. The average Bonchev–Trinajstić information content (AvgIpc) is 2.37. The van der Waals surface area contributed by atoms with Crippen molar-refractivity contribution < 1.29 is 0 Å². The molecule has 2 nitrogen and oxygen atoms in total. The molecule has 1 aromatic carbocycles. The van der Waals surface area contributed by atoms with Gasteiger partial charge in [-0.1, -0.05) is 24.6 Å². The highest BCUT2D eigenvalue weighted by atomic mass is 79.9. The molecule has 1 fully saturated rings. The van der Waals surface area contributed by atoms with E-state index in [1.165, 1.54) is 12.1 Å². The molecule has 3 unspecified atom stereocenters. The highest BCUT2D eigenvalue weighted by Crippen LogP contribution is 2.37. The van der Waals surface area contributed by atoms with E-state index in [0.29, 0.717) is 18.0 Å². The normalized spacial score (nSPS) is 28.5. The van der Waals surface area contributed by atoms with E-state index in [-0.39, 0.29) is 0 Å². The van der Waals surface area contributed by atoms with Crippen molar-refractivity contribution in [1.82, 2.24) is 5.32 Å². The highest BCUT2D eigenvalue weighted by molar-refractivity contribution is 9.10. The Hall–Kier alpha value is -0.250. The monoisotopic (exact) mass is 330 g/mol.